The molecule has 4 nitrogen and oxygen atoms in total. The molecule has 1 N–H and O–H groups in total. The Bertz CT molecular complexity index is 364. The second-order valence-electron chi connectivity index (χ2n) is 2.97. The fourth-order valence-electron chi connectivity index (χ4n) is 1.25. The molecule has 0 aliphatic rings. The second kappa shape index (κ2) is 3.43. The maximum Gasteiger partial charge on any atom is 0.328 e. The number of hydrogen-bond acceptors (Lipinski definition) is 2. The Labute approximate surface area is 76.5 Å². The van der Waals surface area contributed by atoms with Crippen LogP contribution in [0.2, 0.25) is 0 Å². The monoisotopic (exact) mass is 180 g/mol. The van der Waals surface area contributed by atoms with Crippen LogP contribution >= 0.6 is 0 Å². The standard InChI is InChI=1S/C9H12N2O2/c1-6(4-9(12)13)8-5-11(3)10-7(8)2/h4-5H,1-3H3,(H,12,13). The zero-order valence-electron chi connectivity index (χ0n) is 7.90. The van der Waals surface area contributed by atoms with Crippen molar-refractivity contribution in [3.8, 4) is 0 Å². The third-order valence-corrected chi connectivity index (χ3v) is 1.78. The summed E-state index contributed by atoms with van der Waals surface area (Å²) in [4.78, 5) is 10.4. The van der Waals surface area contributed by atoms with Crippen LogP contribution in [-0.4, -0.2) is 20.9 Å². The molecule has 70 valence electrons. The van der Waals surface area contributed by atoms with Gasteiger partial charge in [-0.15, -0.1) is 0 Å². The van der Waals surface area contributed by atoms with Crippen molar-refractivity contribution in [2.45, 2.75) is 13.8 Å². The largest absolute Gasteiger partial charge is 0.478 e. The SMILES string of the molecule is CC(=CC(=O)O)c1cn(C)nc1C. The van der Waals surface area contributed by atoms with Crippen LogP contribution < -0.4 is 0 Å². The molecule has 0 bridgehead atoms. The first kappa shape index (κ1) is 9.51. The van der Waals surface area contributed by atoms with Crippen molar-refractivity contribution in [2.24, 2.45) is 7.05 Å². The van der Waals surface area contributed by atoms with Gasteiger partial charge in [0.2, 0.25) is 0 Å². The minimum absolute atomic E-state index is 0.720. The Balaban J connectivity index is 3.08. The van der Waals surface area contributed by atoms with E-state index in [1.54, 1.807) is 11.6 Å². The zero-order valence-corrected chi connectivity index (χ0v) is 7.90. The molecule has 13 heavy (non-hydrogen) atoms. The van der Waals surface area contributed by atoms with Crippen LogP contribution in [-0.2, 0) is 11.8 Å². The van der Waals surface area contributed by atoms with Gasteiger partial charge in [0, 0.05) is 24.9 Å². The van der Waals surface area contributed by atoms with E-state index in [4.69, 9.17) is 5.11 Å². The van der Waals surface area contributed by atoms with E-state index >= 15 is 0 Å². The Morgan fingerprint density at radius 1 is 1.69 bits per heavy atom. The maximum absolute atomic E-state index is 10.4. The van der Waals surface area contributed by atoms with Crippen LogP contribution in [0.5, 0.6) is 0 Å². The van der Waals surface area contributed by atoms with Gasteiger partial charge in [-0.3, -0.25) is 4.68 Å². The van der Waals surface area contributed by atoms with Crippen LogP contribution in [0.3, 0.4) is 0 Å². The van der Waals surface area contributed by atoms with E-state index in [9.17, 15) is 4.79 Å². The van der Waals surface area contributed by atoms with Crippen molar-refractivity contribution in [3.63, 3.8) is 0 Å². The van der Waals surface area contributed by atoms with Gasteiger partial charge in [-0.05, 0) is 19.4 Å². The van der Waals surface area contributed by atoms with Crippen LogP contribution in [0.4, 0.5) is 0 Å². The maximum atomic E-state index is 10.4. The molecule has 0 saturated carbocycles. The molecule has 1 rings (SSSR count). The van der Waals surface area contributed by atoms with Gasteiger partial charge in [-0.2, -0.15) is 5.10 Å². The number of carboxylic acid groups (broad SMARTS) is 1. The number of hydrogen-bond donors (Lipinski definition) is 1. The number of carbonyl (C=O) groups is 1. The third kappa shape index (κ3) is 2.18. The lowest BCUT2D eigenvalue weighted by atomic mass is 10.1. The molecule has 1 heterocycles. The van der Waals surface area contributed by atoms with E-state index in [-0.39, 0.29) is 0 Å². The third-order valence-electron chi connectivity index (χ3n) is 1.78. The molecule has 0 unspecified atom stereocenters. The summed E-state index contributed by atoms with van der Waals surface area (Å²) in [5.74, 6) is -0.930. The Kier molecular flexibility index (Phi) is 2.51. The quantitative estimate of drug-likeness (QED) is 0.696. The normalized spacial score (nSPS) is 11.8. The molecule has 0 aromatic carbocycles. The van der Waals surface area contributed by atoms with Crippen LogP contribution in [0.15, 0.2) is 12.3 Å². The number of nitrogens with zero attached hydrogens (tertiary/aromatic N) is 2. The average molecular weight is 180 g/mol. The highest BCUT2D eigenvalue weighted by atomic mass is 16.4. The topological polar surface area (TPSA) is 55.1 Å². The molecule has 0 saturated heterocycles. The summed E-state index contributed by atoms with van der Waals surface area (Å²) < 4.78 is 1.67. The van der Waals surface area contributed by atoms with Crippen LogP contribution in [0.1, 0.15) is 18.2 Å². The van der Waals surface area contributed by atoms with Gasteiger partial charge in [-0.25, -0.2) is 4.79 Å². The highest BCUT2D eigenvalue weighted by Crippen LogP contribution is 2.16. The Morgan fingerprint density at radius 3 is 2.69 bits per heavy atom. The summed E-state index contributed by atoms with van der Waals surface area (Å²) in [7, 11) is 1.81. The van der Waals surface area contributed by atoms with Gasteiger partial charge < -0.3 is 5.11 Å². The van der Waals surface area contributed by atoms with Crippen LogP contribution in [0, 0.1) is 6.92 Å². The molecule has 0 radical (unpaired) electrons. The summed E-state index contributed by atoms with van der Waals surface area (Å²) in [5, 5.41) is 12.7. The second-order valence-corrected chi connectivity index (χ2v) is 2.97. The lowest BCUT2D eigenvalue weighted by Crippen LogP contribution is -1.90. The number of allylic oxidation sites excluding steroid dienone is 1. The van der Waals surface area contributed by atoms with Crippen molar-refractivity contribution in [1.29, 1.82) is 0 Å². The molecule has 0 aliphatic carbocycles. The molecule has 0 amide bonds. The number of aryl methyl sites for hydroxylation is 2. The fraction of sp³-hybridized carbons (Fsp3) is 0.333. The Morgan fingerprint density at radius 2 is 2.31 bits per heavy atom. The number of aliphatic carboxylic acids is 1. The molecular weight excluding hydrogens is 168 g/mol. The van der Waals surface area contributed by atoms with Gasteiger partial charge in [0.25, 0.3) is 0 Å². The molecular formula is C9H12N2O2. The molecule has 1 aromatic rings. The average Bonchev–Trinajstić information content (AvgIpc) is 2.28. The lowest BCUT2D eigenvalue weighted by Gasteiger charge is -1.95. The van der Waals surface area contributed by atoms with Gasteiger partial charge in [0.15, 0.2) is 0 Å². The van der Waals surface area contributed by atoms with Crippen molar-refractivity contribution < 1.29 is 9.90 Å². The van der Waals surface area contributed by atoms with E-state index in [0.717, 1.165) is 16.8 Å². The summed E-state index contributed by atoms with van der Waals surface area (Å²) in [6.07, 6.45) is 2.99. The first-order chi connectivity index (χ1) is 6.00. The smallest absolute Gasteiger partial charge is 0.328 e. The fourth-order valence-corrected chi connectivity index (χ4v) is 1.25. The summed E-state index contributed by atoms with van der Waals surface area (Å²) in [6, 6.07) is 0. The van der Waals surface area contributed by atoms with E-state index in [2.05, 4.69) is 5.10 Å². The van der Waals surface area contributed by atoms with Gasteiger partial charge >= 0.3 is 5.97 Å². The van der Waals surface area contributed by atoms with E-state index in [1.807, 2.05) is 20.2 Å². The van der Waals surface area contributed by atoms with Crippen molar-refractivity contribution in [1.82, 2.24) is 9.78 Å². The van der Waals surface area contributed by atoms with Crippen molar-refractivity contribution in [2.75, 3.05) is 0 Å². The first-order valence-electron chi connectivity index (χ1n) is 3.92. The number of aromatic nitrogens is 2. The van der Waals surface area contributed by atoms with Crippen molar-refractivity contribution >= 4 is 11.5 Å². The van der Waals surface area contributed by atoms with E-state index in [0.29, 0.717) is 0 Å². The summed E-state index contributed by atoms with van der Waals surface area (Å²) >= 11 is 0. The molecule has 0 atom stereocenters. The predicted octanol–water partition coefficient (Wildman–Crippen LogP) is 1.22. The molecule has 0 aliphatic heterocycles. The van der Waals surface area contributed by atoms with Crippen LogP contribution in [0.25, 0.3) is 5.57 Å². The highest BCUT2D eigenvalue weighted by molar-refractivity contribution is 5.89. The van der Waals surface area contributed by atoms with E-state index in [1.165, 1.54) is 6.08 Å². The highest BCUT2D eigenvalue weighted by Gasteiger charge is 2.05. The van der Waals surface area contributed by atoms with Gasteiger partial charge in [0.05, 0.1) is 5.69 Å². The lowest BCUT2D eigenvalue weighted by molar-refractivity contribution is -0.131. The molecule has 1 aromatic heterocycles. The summed E-state index contributed by atoms with van der Waals surface area (Å²) in [6.45, 7) is 3.62. The molecule has 0 fully saturated rings. The van der Waals surface area contributed by atoms with Gasteiger partial charge in [-0.1, -0.05) is 0 Å². The Hall–Kier alpha value is -1.58. The van der Waals surface area contributed by atoms with Gasteiger partial charge in [0.1, 0.15) is 0 Å². The zero-order chi connectivity index (χ0) is 10.0. The number of carboxylic acids is 1. The minimum Gasteiger partial charge on any atom is -0.478 e. The minimum atomic E-state index is -0.930. The first-order valence-corrected chi connectivity index (χ1v) is 3.92. The molecule has 4 heteroatoms. The number of rotatable bonds is 2. The summed E-state index contributed by atoms with van der Waals surface area (Å²) in [5.41, 5.74) is 2.44. The molecule has 0 spiro atoms. The van der Waals surface area contributed by atoms with E-state index < -0.39 is 5.97 Å². The van der Waals surface area contributed by atoms with Crippen molar-refractivity contribution in [3.05, 3.63) is 23.5 Å². The predicted molar refractivity (Wildman–Crippen MR) is 49.2 cm³/mol.